The van der Waals surface area contributed by atoms with Crippen molar-refractivity contribution >= 4 is 22.6 Å². The smallest absolute Gasteiger partial charge is 0.254 e. The van der Waals surface area contributed by atoms with E-state index in [1.54, 1.807) is 53.7 Å². The summed E-state index contributed by atoms with van der Waals surface area (Å²) in [5.41, 5.74) is 7.58. The Kier molecular flexibility index (Phi) is 4.75. The predicted molar refractivity (Wildman–Crippen MR) is 120 cm³/mol. The molecule has 3 aromatic heterocycles. The molecule has 0 aliphatic carbocycles. The van der Waals surface area contributed by atoms with E-state index >= 15 is 0 Å². The number of amides is 1. The molecule has 0 saturated carbocycles. The van der Waals surface area contributed by atoms with E-state index in [9.17, 15) is 4.79 Å². The van der Waals surface area contributed by atoms with E-state index in [1.165, 1.54) is 12.3 Å². The van der Waals surface area contributed by atoms with Crippen molar-refractivity contribution in [1.29, 1.82) is 5.26 Å². The third-order valence-corrected chi connectivity index (χ3v) is 5.07. The highest BCUT2D eigenvalue weighted by molar-refractivity contribution is 5.98. The summed E-state index contributed by atoms with van der Waals surface area (Å²) < 4.78 is 23.1. The van der Waals surface area contributed by atoms with E-state index in [-0.39, 0.29) is 23.8 Å². The summed E-state index contributed by atoms with van der Waals surface area (Å²) in [7, 11) is 0. The highest BCUT2D eigenvalue weighted by Crippen LogP contribution is 2.24. The Hall–Kier alpha value is -4.38. The van der Waals surface area contributed by atoms with Crippen molar-refractivity contribution in [2.45, 2.75) is 26.4 Å². The number of pyridine rings is 2. The van der Waals surface area contributed by atoms with Crippen LogP contribution in [0.2, 0.25) is 0 Å². The quantitative estimate of drug-likeness (QED) is 0.517. The summed E-state index contributed by atoms with van der Waals surface area (Å²) in [5, 5.41) is 9.52. The number of nitrogens with zero attached hydrogens (tertiary/aromatic N) is 6. The number of hydrogen-bond donors (Lipinski definition) is 1. The fourth-order valence-electron chi connectivity index (χ4n) is 3.30. The first-order chi connectivity index (χ1) is 16.7. The minimum atomic E-state index is -2.43. The molecule has 3 heterocycles. The topological polar surface area (TPSA) is 122 Å². The van der Waals surface area contributed by atoms with Gasteiger partial charge in [-0.25, -0.2) is 15.0 Å². The monoisotopic (exact) mass is 426 g/mol. The molecule has 158 valence electrons. The molecule has 0 aliphatic heterocycles. The van der Waals surface area contributed by atoms with Crippen LogP contribution in [0.3, 0.4) is 0 Å². The lowest BCUT2D eigenvalue weighted by Crippen LogP contribution is -2.34. The molecule has 1 aromatic carbocycles. The first-order valence-electron chi connectivity index (χ1n) is 11.3. The molecule has 0 saturated heterocycles. The molecule has 0 radical (unpaired) electrons. The molecule has 1 amide bonds. The molecule has 4 rings (SSSR count). The maximum absolute atomic E-state index is 13.7. The molecular formula is C24H21N7O. The lowest BCUT2D eigenvalue weighted by molar-refractivity contribution is 0.0663. The van der Waals surface area contributed by atoms with Gasteiger partial charge in [0.15, 0.2) is 0 Å². The number of benzene rings is 1. The fourth-order valence-corrected chi connectivity index (χ4v) is 3.30. The zero-order valence-corrected chi connectivity index (χ0v) is 17.2. The van der Waals surface area contributed by atoms with Gasteiger partial charge in [-0.15, -0.1) is 0 Å². The fraction of sp³-hybridized carbons (Fsp3) is 0.167. The van der Waals surface area contributed by atoms with Crippen molar-refractivity contribution in [3.8, 4) is 6.07 Å². The summed E-state index contributed by atoms with van der Waals surface area (Å²) in [6, 6.07) is 12.8. The van der Waals surface area contributed by atoms with Gasteiger partial charge < -0.3 is 10.6 Å². The molecule has 0 bridgehead atoms. The summed E-state index contributed by atoms with van der Waals surface area (Å²) in [6.07, 6.45) is 4.65. The van der Waals surface area contributed by atoms with Crippen LogP contribution in [0.4, 0.5) is 5.82 Å². The zero-order valence-electron chi connectivity index (χ0n) is 20.2. The normalized spacial score (nSPS) is 13.4. The highest BCUT2D eigenvalue weighted by atomic mass is 16.2. The lowest BCUT2D eigenvalue weighted by atomic mass is 10.1. The van der Waals surface area contributed by atoms with Crippen LogP contribution in [-0.4, -0.2) is 30.7 Å². The largest absolute Gasteiger partial charge is 0.383 e. The van der Waals surface area contributed by atoms with Gasteiger partial charge in [-0.3, -0.25) is 9.78 Å². The van der Waals surface area contributed by atoms with E-state index in [0.29, 0.717) is 33.5 Å². The Labute approximate surface area is 189 Å². The molecule has 8 nitrogen and oxygen atoms in total. The van der Waals surface area contributed by atoms with Gasteiger partial charge in [-0.2, -0.15) is 5.26 Å². The molecule has 0 fully saturated rings. The van der Waals surface area contributed by atoms with Crippen molar-refractivity contribution in [2.24, 2.45) is 0 Å². The SMILES string of the molecule is [2H]C([2H])([2H])c1cc2cc(C(=O)N(Cc3ccc(C#N)cn3)[C@H](C)c3ncccn3)ccc2nc1N. The average molecular weight is 426 g/mol. The minimum absolute atomic E-state index is 0.0695. The molecular weight excluding hydrogens is 402 g/mol. The van der Waals surface area contributed by atoms with Crippen LogP contribution in [0.5, 0.6) is 0 Å². The molecule has 0 unspecified atom stereocenters. The van der Waals surface area contributed by atoms with Crippen LogP contribution < -0.4 is 5.73 Å². The molecule has 1 atom stereocenters. The van der Waals surface area contributed by atoms with Gasteiger partial charge in [0.25, 0.3) is 5.91 Å². The number of aryl methyl sites for hydroxylation is 1. The maximum atomic E-state index is 13.7. The molecule has 0 spiro atoms. The van der Waals surface area contributed by atoms with Crippen molar-refractivity contribution in [3.05, 3.63) is 89.3 Å². The number of carbonyl (C=O) groups excluding carboxylic acids is 1. The number of fused-ring (bicyclic) bond motifs is 1. The molecule has 4 aromatic rings. The number of aromatic nitrogens is 4. The Morgan fingerprint density at radius 1 is 1.22 bits per heavy atom. The van der Waals surface area contributed by atoms with E-state index in [4.69, 9.17) is 15.1 Å². The number of hydrogen-bond acceptors (Lipinski definition) is 7. The second kappa shape index (κ2) is 8.78. The van der Waals surface area contributed by atoms with E-state index < -0.39 is 12.9 Å². The summed E-state index contributed by atoms with van der Waals surface area (Å²) in [6.45, 7) is -0.479. The third kappa shape index (κ3) is 4.23. The van der Waals surface area contributed by atoms with Crippen molar-refractivity contribution in [2.75, 3.05) is 5.73 Å². The van der Waals surface area contributed by atoms with Gasteiger partial charge in [0, 0.05) is 33.7 Å². The van der Waals surface area contributed by atoms with Gasteiger partial charge in [0.2, 0.25) is 0 Å². The Morgan fingerprint density at radius 3 is 2.72 bits per heavy atom. The first kappa shape index (κ1) is 17.3. The number of nitriles is 1. The van der Waals surface area contributed by atoms with Crippen LogP contribution in [0.15, 0.2) is 61.1 Å². The number of carbonyl (C=O) groups is 1. The Morgan fingerprint density at radius 2 is 2.03 bits per heavy atom. The Bertz CT molecular complexity index is 1420. The number of nitrogens with two attached hydrogens (primary N) is 1. The van der Waals surface area contributed by atoms with Crippen molar-refractivity contribution in [1.82, 2.24) is 24.8 Å². The predicted octanol–water partition coefficient (Wildman–Crippen LogP) is 3.59. The second-order valence-corrected chi connectivity index (χ2v) is 7.19. The van der Waals surface area contributed by atoms with E-state index in [1.807, 2.05) is 13.0 Å². The van der Waals surface area contributed by atoms with E-state index in [0.717, 1.165) is 0 Å². The first-order valence-corrected chi connectivity index (χ1v) is 9.81. The lowest BCUT2D eigenvalue weighted by Gasteiger charge is -2.28. The van der Waals surface area contributed by atoms with Crippen LogP contribution in [0.25, 0.3) is 10.9 Å². The second-order valence-electron chi connectivity index (χ2n) is 7.19. The Balaban J connectivity index is 1.75. The minimum Gasteiger partial charge on any atom is -0.383 e. The number of anilines is 1. The van der Waals surface area contributed by atoms with Gasteiger partial charge in [-0.1, -0.05) is 0 Å². The van der Waals surface area contributed by atoms with E-state index in [2.05, 4.69) is 19.9 Å². The van der Waals surface area contributed by atoms with Crippen LogP contribution in [-0.2, 0) is 6.54 Å². The summed E-state index contributed by atoms with van der Waals surface area (Å²) >= 11 is 0. The van der Waals surface area contributed by atoms with Crippen LogP contribution in [0.1, 0.15) is 50.1 Å². The van der Waals surface area contributed by atoms with Crippen LogP contribution in [0, 0.1) is 18.2 Å². The molecule has 0 aliphatic rings. The third-order valence-electron chi connectivity index (χ3n) is 5.07. The summed E-state index contributed by atoms with van der Waals surface area (Å²) in [4.78, 5) is 32.3. The highest BCUT2D eigenvalue weighted by Gasteiger charge is 2.25. The molecule has 2 N–H and O–H groups in total. The van der Waals surface area contributed by atoms with Gasteiger partial charge >= 0.3 is 0 Å². The maximum Gasteiger partial charge on any atom is 0.254 e. The number of nitrogen functional groups attached to an aromatic ring is 1. The zero-order chi connectivity index (χ0) is 25.2. The van der Waals surface area contributed by atoms with Crippen molar-refractivity contribution in [3.63, 3.8) is 0 Å². The molecule has 32 heavy (non-hydrogen) atoms. The number of rotatable bonds is 5. The van der Waals surface area contributed by atoms with Gasteiger partial charge in [0.05, 0.1) is 29.4 Å². The van der Waals surface area contributed by atoms with Crippen molar-refractivity contribution < 1.29 is 8.91 Å². The standard InChI is InChI=1S/C24H21N7O/c1-15-10-19-11-18(5-7-21(19)30-22(15)26)24(32)31(16(2)23-27-8-3-9-28-23)14-20-6-4-17(12-25)13-29-20/h3-11,13,16H,14H2,1-2H3,(H2,26,30)/t16-/m1/s1/i1D3. The van der Waals surface area contributed by atoms with Crippen LogP contribution >= 0.6 is 0 Å². The average Bonchev–Trinajstić information content (AvgIpc) is 2.86. The molecule has 8 heteroatoms. The van der Waals surface area contributed by atoms with Gasteiger partial charge in [-0.05, 0) is 61.8 Å². The van der Waals surface area contributed by atoms with Gasteiger partial charge in [0.1, 0.15) is 17.7 Å². The summed E-state index contributed by atoms with van der Waals surface area (Å²) in [5.74, 6) is 0.0552.